The molecule has 5 aliphatic heterocycles. The first-order valence-electron chi connectivity index (χ1n) is 24.1. The summed E-state index contributed by atoms with van der Waals surface area (Å²) in [7, 11) is 0. The van der Waals surface area contributed by atoms with Crippen LogP contribution in [0.25, 0.3) is 0 Å². The minimum Gasteiger partial charge on any atom is -0.394 e. The average molecular weight is 929 g/mol. The van der Waals surface area contributed by atoms with Crippen molar-refractivity contribution < 1.29 is 89.0 Å². The predicted molar refractivity (Wildman–Crippen MR) is 225 cm³/mol. The summed E-state index contributed by atoms with van der Waals surface area (Å²) in [4.78, 5) is 0. The first-order valence-corrected chi connectivity index (χ1v) is 24.1. The molecule has 5 saturated heterocycles. The van der Waals surface area contributed by atoms with Gasteiger partial charge in [0.25, 0.3) is 0 Å². The second-order valence-electron chi connectivity index (χ2n) is 22.9. The van der Waals surface area contributed by atoms with E-state index in [2.05, 4.69) is 47.6 Å². The van der Waals surface area contributed by atoms with Crippen LogP contribution in [0.4, 0.5) is 0 Å². The summed E-state index contributed by atoms with van der Waals surface area (Å²) in [5, 5.41) is 108. The molecule has 0 aromatic heterocycles. The summed E-state index contributed by atoms with van der Waals surface area (Å²) in [5.41, 5.74) is -0.668. The Bertz CT molecular complexity index is 1760. The SMILES string of the molecule is CC(C)=C[C@H]1C[C@](C)(O)C2[C@H]3CC[C@@H]4[C@@]5(C)CC[C@H](OC6O[C@H](CO)[C@@H](O)[C@H](OC7O[C@H](CO)[C@@H](O)[C@H](O)[C@H]7O)[C@H]6OC6O[C@@H](CO)[C@H](O)[C@H]6O)C(C)(C)[C@@H]5CC[C@@]4(C)[C@@]34CO[C@@]2(C4)O1. The van der Waals surface area contributed by atoms with Crippen molar-refractivity contribution in [3.8, 4) is 0 Å². The van der Waals surface area contributed by atoms with E-state index < -0.39 is 129 Å². The Morgan fingerprint density at radius 3 is 1.86 bits per heavy atom. The Morgan fingerprint density at radius 1 is 0.646 bits per heavy atom. The second-order valence-corrected chi connectivity index (χ2v) is 22.9. The Kier molecular flexibility index (Phi) is 12.9. The first kappa shape index (κ1) is 49.0. The van der Waals surface area contributed by atoms with E-state index in [4.69, 9.17) is 37.9 Å². The number of aliphatic hydroxyl groups excluding tert-OH is 9. The van der Waals surface area contributed by atoms with Crippen LogP contribution in [0.2, 0.25) is 0 Å². The van der Waals surface area contributed by atoms with Gasteiger partial charge in [-0.2, -0.15) is 0 Å². The molecule has 0 amide bonds. The van der Waals surface area contributed by atoms with Gasteiger partial charge in [0.15, 0.2) is 24.7 Å². The number of rotatable bonds is 10. The van der Waals surface area contributed by atoms with E-state index >= 15 is 0 Å². The summed E-state index contributed by atoms with van der Waals surface area (Å²) in [5.74, 6) is -0.184. The maximum atomic E-state index is 12.2. The standard InChI is InChI=1S/C47H76O18/c1-21(2)14-22-15-45(7,57)38-23-8-9-28-43(5)12-11-29(42(3,4)27(43)10-13-44(28,6)46(23)19-47(38,65-22)58-20-46)62-41-37(64-39-34(55)31(52)25(17-49)60-39)36(32(53)26(18-50)61-41)63-40-35(56)33(54)30(51)24(16-48)59-40/h14,22-41,48-57H,8-13,15-20H2,1-7H3/t22-,23+,24+,25-,26+,27-,28+,29-,30+,31-,32+,33-,34+,35+,36-,37+,38?,39?,40?,41?,43-,44+,45-,46-,47-/m0/s1. The zero-order valence-electron chi connectivity index (χ0n) is 38.8. The van der Waals surface area contributed by atoms with Crippen LogP contribution in [0.1, 0.15) is 99.8 Å². The molecule has 2 spiro atoms. The zero-order valence-corrected chi connectivity index (χ0v) is 38.8. The van der Waals surface area contributed by atoms with Crippen LogP contribution in [-0.2, 0) is 37.9 Å². The van der Waals surface area contributed by atoms with Gasteiger partial charge in [0.2, 0.25) is 0 Å². The summed E-state index contributed by atoms with van der Waals surface area (Å²) in [6.07, 6.45) is -14.0. The number of fused-ring (bicyclic) bond motifs is 4. The highest BCUT2D eigenvalue weighted by atomic mass is 16.8. The fraction of sp³-hybridized carbons (Fsp3) is 0.957. The van der Waals surface area contributed by atoms with Crippen LogP contribution < -0.4 is 0 Å². The van der Waals surface area contributed by atoms with E-state index in [1.807, 2.05) is 6.92 Å². The maximum Gasteiger partial charge on any atom is 0.187 e. The average Bonchev–Trinajstić information content (AvgIpc) is 3.86. The van der Waals surface area contributed by atoms with Crippen LogP contribution in [0, 0.1) is 45.3 Å². The molecule has 0 radical (unpaired) electrons. The molecule has 25 atom stereocenters. The molecule has 10 N–H and O–H groups in total. The van der Waals surface area contributed by atoms with Crippen molar-refractivity contribution in [3.05, 3.63) is 11.6 Å². The number of allylic oxidation sites excluding steroid dienone is 1. The number of ether oxygens (including phenoxy) is 8. The molecular weight excluding hydrogens is 852 g/mol. The van der Waals surface area contributed by atoms with Gasteiger partial charge in [0, 0.05) is 24.2 Å². The van der Waals surface area contributed by atoms with Crippen molar-refractivity contribution in [1.29, 1.82) is 0 Å². The molecule has 9 aliphatic rings. The normalized spacial score (nSPS) is 56.9. The van der Waals surface area contributed by atoms with Gasteiger partial charge < -0.3 is 89.0 Å². The first-order chi connectivity index (χ1) is 30.5. The lowest BCUT2D eigenvalue weighted by Crippen LogP contribution is -2.68. The molecule has 9 rings (SSSR count). The van der Waals surface area contributed by atoms with E-state index in [9.17, 15) is 51.1 Å². The molecule has 4 saturated carbocycles. The fourth-order valence-electron chi connectivity index (χ4n) is 15.9. The van der Waals surface area contributed by atoms with E-state index in [-0.39, 0.29) is 40.1 Å². The van der Waals surface area contributed by atoms with E-state index in [0.29, 0.717) is 25.4 Å². The van der Waals surface area contributed by atoms with Crippen molar-refractivity contribution in [2.24, 2.45) is 45.3 Å². The summed E-state index contributed by atoms with van der Waals surface area (Å²) in [6, 6.07) is 0. The summed E-state index contributed by atoms with van der Waals surface area (Å²) in [6.45, 7) is 13.9. The van der Waals surface area contributed by atoms with Gasteiger partial charge in [-0.15, -0.1) is 0 Å². The van der Waals surface area contributed by atoms with Gasteiger partial charge in [0.1, 0.15) is 67.1 Å². The van der Waals surface area contributed by atoms with Crippen LogP contribution in [-0.4, -0.2) is 187 Å². The Labute approximate surface area is 381 Å². The van der Waals surface area contributed by atoms with E-state index in [0.717, 1.165) is 44.1 Å². The van der Waals surface area contributed by atoms with Gasteiger partial charge in [-0.3, -0.25) is 0 Å². The van der Waals surface area contributed by atoms with Gasteiger partial charge in [-0.1, -0.05) is 39.3 Å². The van der Waals surface area contributed by atoms with E-state index in [1.54, 1.807) is 0 Å². The Hall–Kier alpha value is -0.980. The zero-order chi connectivity index (χ0) is 47.0. The lowest BCUT2D eigenvalue weighted by molar-refractivity contribution is -0.387. The van der Waals surface area contributed by atoms with Crippen LogP contribution >= 0.6 is 0 Å². The quantitative estimate of drug-likeness (QED) is 0.102. The van der Waals surface area contributed by atoms with Crippen molar-refractivity contribution in [1.82, 2.24) is 0 Å². The highest BCUT2D eigenvalue weighted by Crippen LogP contribution is 2.80. The smallest absolute Gasteiger partial charge is 0.187 e. The number of hydrogen-bond donors (Lipinski definition) is 10. The number of hydrogen-bond acceptors (Lipinski definition) is 18. The maximum absolute atomic E-state index is 12.2. The molecule has 372 valence electrons. The molecule has 5 heterocycles. The van der Waals surface area contributed by atoms with Crippen molar-refractivity contribution in [3.63, 3.8) is 0 Å². The van der Waals surface area contributed by atoms with E-state index in [1.165, 1.54) is 0 Å². The minimum atomic E-state index is -1.86. The summed E-state index contributed by atoms with van der Waals surface area (Å²) >= 11 is 0. The Morgan fingerprint density at radius 2 is 1.23 bits per heavy atom. The third kappa shape index (κ3) is 7.40. The molecule has 18 heteroatoms. The summed E-state index contributed by atoms with van der Waals surface area (Å²) < 4.78 is 50.9. The molecule has 0 aromatic rings. The van der Waals surface area contributed by atoms with Crippen LogP contribution in [0.5, 0.6) is 0 Å². The minimum absolute atomic E-state index is 0.0960. The topological polar surface area (TPSA) is 276 Å². The lowest BCUT2D eigenvalue weighted by Gasteiger charge is -2.70. The lowest BCUT2D eigenvalue weighted by atomic mass is 9.35. The van der Waals surface area contributed by atoms with Gasteiger partial charge in [-0.05, 0) is 93.3 Å². The highest BCUT2D eigenvalue weighted by molar-refractivity contribution is 5.26. The largest absolute Gasteiger partial charge is 0.394 e. The molecule has 9 fully saturated rings. The van der Waals surface area contributed by atoms with Crippen molar-refractivity contribution in [2.75, 3.05) is 26.4 Å². The van der Waals surface area contributed by atoms with Gasteiger partial charge in [0.05, 0.1) is 44.2 Å². The van der Waals surface area contributed by atoms with Crippen molar-refractivity contribution in [2.45, 2.75) is 209 Å². The van der Waals surface area contributed by atoms with Crippen LogP contribution in [0.3, 0.4) is 0 Å². The fourth-order valence-corrected chi connectivity index (χ4v) is 15.9. The highest BCUT2D eigenvalue weighted by Gasteiger charge is 2.81. The molecule has 0 aromatic carbocycles. The third-order valence-corrected chi connectivity index (χ3v) is 18.8. The van der Waals surface area contributed by atoms with Crippen molar-refractivity contribution >= 4 is 0 Å². The Balaban J connectivity index is 0.991. The van der Waals surface area contributed by atoms with Gasteiger partial charge in [-0.25, -0.2) is 0 Å². The molecule has 65 heavy (non-hydrogen) atoms. The number of aliphatic hydroxyl groups is 10. The molecule has 4 aliphatic carbocycles. The molecule has 4 unspecified atom stereocenters. The molecule has 2 bridgehead atoms. The van der Waals surface area contributed by atoms with Crippen LogP contribution in [0.15, 0.2) is 11.6 Å². The van der Waals surface area contributed by atoms with Gasteiger partial charge >= 0.3 is 0 Å². The second kappa shape index (κ2) is 17.1. The monoisotopic (exact) mass is 929 g/mol. The predicted octanol–water partition coefficient (Wildman–Crippen LogP) is -0.0333. The molecular formula is C47H76O18. The molecule has 18 nitrogen and oxygen atoms in total. The third-order valence-electron chi connectivity index (χ3n) is 18.8.